The number of ether oxygens (including phenoxy) is 1. The summed E-state index contributed by atoms with van der Waals surface area (Å²) in [6.07, 6.45) is 4.00. The lowest BCUT2D eigenvalue weighted by molar-refractivity contribution is -0.121. The molecule has 0 bridgehead atoms. The Kier molecular flexibility index (Phi) is 6.16. The number of likely N-dealkylation sites (N-methyl/N-ethyl adjacent to an activating group) is 1. The van der Waals surface area contributed by atoms with Gasteiger partial charge in [0.1, 0.15) is 0 Å². The van der Waals surface area contributed by atoms with Crippen molar-refractivity contribution in [2.75, 3.05) is 33.9 Å². The van der Waals surface area contributed by atoms with Crippen molar-refractivity contribution in [3.8, 4) is 0 Å². The van der Waals surface area contributed by atoms with Crippen LogP contribution in [0.4, 0.5) is 0 Å². The summed E-state index contributed by atoms with van der Waals surface area (Å²) in [6, 6.07) is 5.85. The molecule has 6 heteroatoms. The zero-order valence-electron chi connectivity index (χ0n) is 16.4. The van der Waals surface area contributed by atoms with Gasteiger partial charge in [0, 0.05) is 38.4 Å². The maximum absolute atomic E-state index is 13.0. The summed E-state index contributed by atoms with van der Waals surface area (Å²) in [5.74, 6) is 0.369. The van der Waals surface area contributed by atoms with Crippen LogP contribution in [0.5, 0.6) is 0 Å². The number of aryl methyl sites for hydroxylation is 1. The van der Waals surface area contributed by atoms with Gasteiger partial charge in [0.15, 0.2) is 0 Å². The highest BCUT2D eigenvalue weighted by atomic mass is 16.5. The molecule has 1 heterocycles. The predicted molar refractivity (Wildman–Crippen MR) is 106 cm³/mol. The van der Waals surface area contributed by atoms with E-state index in [0.717, 1.165) is 30.2 Å². The molecule has 1 aromatic carbocycles. The van der Waals surface area contributed by atoms with Gasteiger partial charge in [-0.3, -0.25) is 9.59 Å². The summed E-state index contributed by atoms with van der Waals surface area (Å²) in [7, 11) is 3.30. The largest absolute Gasteiger partial charge is 0.385 e. The van der Waals surface area contributed by atoms with Gasteiger partial charge in [0.05, 0.1) is 17.6 Å². The predicted octanol–water partition coefficient (Wildman–Crippen LogP) is 2.52. The highest BCUT2D eigenvalue weighted by molar-refractivity contribution is 6.07. The van der Waals surface area contributed by atoms with Gasteiger partial charge in [-0.1, -0.05) is 19.1 Å². The number of methoxy groups -OCH3 is 1. The van der Waals surface area contributed by atoms with Crippen LogP contribution >= 0.6 is 0 Å². The molecule has 1 aliphatic carbocycles. The van der Waals surface area contributed by atoms with Crippen LogP contribution < -0.4 is 5.32 Å². The highest BCUT2D eigenvalue weighted by Gasteiger charge is 2.23. The summed E-state index contributed by atoms with van der Waals surface area (Å²) >= 11 is 0. The number of hydrogen-bond acceptors (Lipinski definition) is 3. The first-order valence-electron chi connectivity index (χ1n) is 9.64. The van der Waals surface area contributed by atoms with Crippen molar-refractivity contribution in [2.45, 2.75) is 32.6 Å². The SMILES string of the molecule is COCCCNC(=O)CN(C)C(=O)c1cccc2c3c([nH]c12)CC[C@@H](C)C3. The Bertz CT molecular complexity index is 827. The van der Waals surface area contributed by atoms with Crippen molar-refractivity contribution in [1.29, 1.82) is 0 Å². The van der Waals surface area contributed by atoms with E-state index < -0.39 is 0 Å². The number of amides is 2. The minimum atomic E-state index is -0.159. The molecule has 1 aliphatic rings. The fraction of sp³-hybridized carbons (Fsp3) is 0.524. The number of carbonyl (C=O) groups excluding carboxylic acids is 2. The molecule has 0 fully saturated rings. The first kappa shape index (κ1) is 19.4. The van der Waals surface area contributed by atoms with Crippen LogP contribution in [-0.2, 0) is 22.4 Å². The Labute approximate surface area is 160 Å². The number of aromatic nitrogens is 1. The van der Waals surface area contributed by atoms with E-state index in [4.69, 9.17) is 4.74 Å². The zero-order chi connectivity index (χ0) is 19.4. The average Bonchev–Trinajstić information content (AvgIpc) is 3.02. The standard InChI is InChI=1S/C21H29N3O3/c1-14-8-9-18-17(12-14)15-6-4-7-16(20(15)23-18)21(26)24(2)13-19(25)22-10-5-11-27-3/h4,6-7,14,23H,5,8-13H2,1-3H3,(H,22,25)/t14-/m1/s1. The number of aromatic amines is 1. The Balaban J connectivity index is 1.73. The number of benzene rings is 1. The monoisotopic (exact) mass is 371 g/mol. The molecular weight excluding hydrogens is 342 g/mol. The minimum Gasteiger partial charge on any atom is -0.385 e. The topological polar surface area (TPSA) is 74.4 Å². The third kappa shape index (κ3) is 4.33. The van der Waals surface area contributed by atoms with E-state index in [9.17, 15) is 9.59 Å². The molecule has 0 aliphatic heterocycles. The molecule has 1 atom stereocenters. The van der Waals surface area contributed by atoms with E-state index in [1.54, 1.807) is 14.2 Å². The number of fused-ring (bicyclic) bond motifs is 3. The van der Waals surface area contributed by atoms with Gasteiger partial charge in [0.25, 0.3) is 5.91 Å². The van der Waals surface area contributed by atoms with Crippen LogP contribution in [0, 0.1) is 5.92 Å². The molecule has 27 heavy (non-hydrogen) atoms. The Morgan fingerprint density at radius 2 is 2.19 bits per heavy atom. The van der Waals surface area contributed by atoms with E-state index in [1.165, 1.54) is 22.6 Å². The Hall–Kier alpha value is -2.34. The first-order valence-corrected chi connectivity index (χ1v) is 9.64. The van der Waals surface area contributed by atoms with Gasteiger partial charge in [-0.15, -0.1) is 0 Å². The number of hydrogen-bond donors (Lipinski definition) is 2. The number of carbonyl (C=O) groups is 2. The molecule has 2 N–H and O–H groups in total. The number of rotatable bonds is 7. The number of nitrogens with zero attached hydrogens (tertiary/aromatic N) is 1. The number of nitrogens with one attached hydrogen (secondary N) is 2. The van der Waals surface area contributed by atoms with E-state index in [-0.39, 0.29) is 18.4 Å². The molecule has 0 spiro atoms. The molecule has 3 rings (SSSR count). The van der Waals surface area contributed by atoms with Gasteiger partial charge >= 0.3 is 0 Å². The van der Waals surface area contributed by atoms with Crippen LogP contribution in [-0.4, -0.2) is 55.6 Å². The van der Waals surface area contributed by atoms with Gasteiger partial charge in [0.2, 0.25) is 5.91 Å². The van der Waals surface area contributed by atoms with Gasteiger partial charge in [-0.2, -0.15) is 0 Å². The summed E-state index contributed by atoms with van der Waals surface area (Å²) in [4.78, 5) is 30.0. The minimum absolute atomic E-state index is 0.0413. The van der Waals surface area contributed by atoms with E-state index in [1.807, 2.05) is 12.1 Å². The maximum atomic E-state index is 13.0. The van der Waals surface area contributed by atoms with E-state index in [0.29, 0.717) is 24.6 Å². The second kappa shape index (κ2) is 8.57. The van der Waals surface area contributed by atoms with E-state index >= 15 is 0 Å². The fourth-order valence-corrected chi connectivity index (χ4v) is 3.79. The second-order valence-corrected chi connectivity index (χ2v) is 7.52. The molecule has 2 aromatic rings. The van der Waals surface area contributed by atoms with Crippen LogP contribution in [0.1, 0.15) is 41.4 Å². The van der Waals surface area contributed by atoms with Gasteiger partial charge in [-0.05, 0) is 43.2 Å². The highest BCUT2D eigenvalue weighted by Crippen LogP contribution is 2.33. The lowest BCUT2D eigenvalue weighted by Crippen LogP contribution is -2.38. The van der Waals surface area contributed by atoms with Crippen molar-refractivity contribution in [2.24, 2.45) is 5.92 Å². The van der Waals surface area contributed by atoms with Crippen molar-refractivity contribution >= 4 is 22.7 Å². The third-order valence-corrected chi connectivity index (χ3v) is 5.27. The van der Waals surface area contributed by atoms with Crippen molar-refractivity contribution in [3.05, 3.63) is 35.0 Å². The summed E-state index contributed by atoms with van der Waals surface area (Å²) in [5, 5.41) is 3.95. The van der Waals surface area contributed by atoms with Crippen LogP contribution in [0.25, 0.3) is 10.9 Å². The first-order chi connectivity index (χ1) is 13.0. The molecule has 0 saturated carbocycles. The molecule has 1 aromatic heterocycles. The Morgan fingerprint density at radius 3 is 2.96 bits per heavy atom. The molecule has 146 valence electrons. The van der Waals surface area contributed by atoms with Crippen LogP contribution in [0.3, 0.4) is 0 Å². The van der Waals surface area contributed by atoms with Crippen molar-refractivity contribution < 1.29 is 14.3 Å². The van der Waals surface area contributed by atoms with Crippen LogP contribution in [0.15, 0.2) is 18.2 Å². The zero-order valence-corrected chi connectivity index (χ0v) is 16.4. The summed E-state index contributed by atoms with van der Waals surface area (Å²) in [5.41, 5.74) is 4.12. The van der Waals surface area contributed by atoms with E-state index in [2.05, 4.69) is 23.3 Å². The van der Waals surface area contributed by atoms with Gasteiger partial charge in [-0.25, -0.2) is 0 Å². The molecule has 0 saturated heterocycles. The summed E-state index contributed by atoms with van der Waals surface area (Å²) in [6.45, 7) is 3.47. The number of H-pyrrole nitrogens is 1. The molecule has 0 radical (unpaired) electrons. The molecule has 2 amide bonds. The van der Waals surface area contributed by atoms with Crippen molar-refractivity contribution in [1.82, 2.24) is 15.2 Å². The molecule has 6 nitrogen and oxygen atoms in total. The molecule has 0 unspecified atom stereocenters. The normalized spacial score (nSPS) is 16.2. The van der Waals surface area contributed by atoms with Crippen molar-refractivity contribution in [3.63, 3.8) is 0 Å². The lowest BCUT2D eigenvalue weighted by atomic mass is 9.87. The van der Waals surface area contributed by atoms with Gasteiger partial charge < -0.3 is 19.9 Å². The summed E-state index contributed by atoms with van der Waals surface area (Å²) < 4.78 is 4.96. The smallest absolute Gasteiger partial charge is 0.256 e. The fourth-order valence-electron chi connectivity index (χ4n) is 3.79. The Morgan fingerprint density at radius 1 is 1.37 bits per heavy atom. The quantitative estimate of drug-likeness (QED) is 0.735. The maximum Gasteiger partial charge on any atom is 0.256 e. The average molecular weight is 371 g/mol. The molecular formula is C21H29N3O3. The van der Waals surface area contributed by atoms with Crippen LogP contribution in [0.2, 0.25) is 0 Å². The lowest BCUT2D eigenvalue weighted by Gasteiger charge is -2.18. The second-order valence-electron chi connectivity index (χ2n) is 7.52. The third-order valence-electron chi connectivity index (χ3n) is 5.27. The number of para-hydroxylation sites is 1.